The fourth-order valence-electron chi connectivity index (χ4n) is 2.50. The van der Waals surface area contributed by atoms with Crippen LogP contribution in [0.5, 0.6) is 0 Å². The molecule has 0 aliphatic carbocycles. The SMILES string of the molecule is CCN(CC)S(=O)(=O)c1ccc(CCNCc2c(C)noc2C)s1. The molecule has 0 aliphatic heterocycles. The fraction of sp³-hybridized carbons (Fsp3) is 0.562. The molecule has 2 rings (SSSR count). The molecule has 1 N–H and O–H groups in total. The molecule has 0 unspecified atom stereocenters. The van der Waals surface area contributed by atoms with Crippen LogP contribution in [0.15, 0.2) is 20.9 Å². The second-order valence-electron chi connectivity index (χ2n) is 5.54. The molecule has 0 amide bonds. The van der Waals surface area contributed by atoms with Gasteiger partial charge < -0.3 is 9.84 Å². The van der Waals surface area contributed by atoms with E-state index in [4.69, 9.17) is 4.52 Å². The Morgan fingerprint density at radius 1 is 1.25 bits per heavy atom. The number of hydrogen-bond acceptors (Lipinski definition) is 6. The average molecular weight is 372 g/mol. The van der Waals surface area contributed by atoms with E-state index in [1.165, 1.54) is 15.6 Å². The molecular weight excluding hydrogens is 346 g/mol. The molecule has 2 aromatic rings. The summed E-state index contributed by atoms with van der Waals surface area (Å²) in [7, 11) is -3.35. The highest BCUT2D eigenvalue weighted by atomic mass is 32.2. The van der Waals surface area contributed by atoms with Crippen molar-refractivity contribution in [1.82, 2.24) is 14.8 Å². The maximum absolute atomic E-state index is 12.5. The van der Waals surface area contributed by atoms with Gasteiger partial charge in [0.25, 0.3) is 10.0 Å². The van der Waals surface area contributed by atoms with Crippen LogP contribution in [0.25, 0.3) is 0 Å². The monoisotopic (exact) mass is 371 g/mol. The normalized spacial score (nSPS) is 12.2. The molecule has 8 heteroatoms. The Morgan fingerprint density at radius 2 is 1.96 bits per heavy atom. The summed E-state index contributed by atoms with van der Waals surface area (Å²) < 4.78 is 32.0. The van der Waals surface area contributed by atoms with E-state index in [2.05, 4.69) is 10.5 Å². The number of aromatic nitrogens is 1. The van der Waals surface area contributed by atoms with Gasteiger partial charge in [-0.25, -0.2) is 8.42 Å². The lowest BCUT2D eigenvalue weighted by Crippen LogP contribution is -2.29. The molecular formula is C16H25N3O3S2. The van der Waals surface area contributed by atoms with Gasteiger partial charge in [-0.2, -0.15) is 4.31 Å². The zero-order valence-corrected chi connectivity index (χ0v) is 16.3. The van der Waals surface area contributed by atoms with Crippen molar-refractivity contribution in [3.63, 3.8) is 0 Å². The molecule has 0 saturated heterocycles. The Labute approximate surface area is 147 Å². The lowest BCUT2D eigenvalue weighted by atomic mass is 10.2. The third-order valence-corrected chi connectivity index (χ3v) is 7.63. The summed E-state index contributed by atoms with van der Waals surface area (Å²) in [4.78, 5) is 1.06. The van der Waals surface area contributed by atoms with Gasteiger partial charge in [-0.1, -0.05) is 19.0 Å². The van der Waals surface area contributed by atoms with Crippen LogP contribution in [0, 0.1) is 13.8 Å². The van der Waals surface area contributed by atoms with Crippen LogP contribution in [0.4, 0.5) is 0 Å². The van der Waals surface area contributed by atoms with Crippen molar-refractivity contribution >= 4 is 21.4 Å². The van der Waals surface area contributed by atoms with Gasteiger partial charge in [-0.15, -0.1) is 11.3 Å². The highest BCUT2D eigenvalue weighted by molar-refractivity contribution is 7.91. The van der Waals surface area contributed by atoms with Crippen molar-refractivity contribution in [2.75, 3.05) is 19.6 Å². The summed E-state index contributed by atoms with van der Waals surface area (Å²) in [6, 6.07) is 3.61. The zero-order valence-electron chi connectivity index (χ0n) is 14.6. The quantitative estimate of drug-likeness (QED) is 0.686. The van der Waals surface area contributed by atoms with Gasteiger partial charge in [0, 0.05) is 36.6 Å². The first-order valence-corrected chi connectivity index (χ1v) is 10.4. The van der Waals surface area contributed by atoms with Gasteiger partial charge in [0.05, 0.1) is 5.69 Å². The van der Waals surface area contributed by atoms with Crippen LogP contribution >= 0.6 is 11.3 Å². The summed E-state index contributed by atoms with van der Waals surface area (Å²) in [6.45, 7) is 10.0. The van der Waals surface area contributed by atoms with Gasteiger partial charge in [0.1, 0.15) is 9.97 Å². The number of sulfonamides is 1. The fourth-order valence-corrected chi connectivity index (χ4v) is 5.47. The number of thiophene rings is 1. The average Bonchev–Trinajstić information content (AvgIpc) is 3.14. The third-order valence-electron chi connectivity index (χ3n) is 3.97. The van der Waals surface area contributed by atoms with E-state index >= 15 is 0 Å². The van der Waals surface area contributed by atoms with E-state index in [9.17, 15) is 8.42 Å². The number of hydrogen-bond donors (Lipinski definition) is 1. The molecule has 0 bridgehead atoms. The number of aryl methyl sites for hydroxylation is 2. The molecule has 2 aromatic heterocycles. The van der Waals surface area contributed by atoms with Gasteiger partial charge in [-0.05, 0) is 32.4 Å². The third kappa shape index (κ3) is 4.24. The minimum absolute atomic E-state index is 0.423. The lowest BCUT2D eigenvalue weighted by Gasteiger charge is -2.16. The molecule has 0 aliphatic rings. The topological polar surface area (TPSA) is 75.4 Å². The van der Waals surface area contributed by atoms with Crippen LogP contribution in [0.2, 0.25) is 0 Å². The number of nitrogens with zero attached hydrogens (tertiary/aromatic N) is 2. The Bertz CT molecular complexity index is 742. The molecule has 2 heterocycles. The first kappa shape index (κ1) is 19.1. The molecule has 134 valence electrons. The minimum atomic E-state index is -3.35. The standard InChI is InChI=1S/C16H25N3O3S2/c1-5-19(6-2)24(20,21)16-8-7-14(23-16)9-10-17-11-15-12(3)18-22-13(15)4/h7-8,17H,5-6,9-11H2,1-4H3. The van der Waals surface area contributed by atoms with Crippen molar-refractivity contribution in [1.29, 1.82) is 0 Å². The second-order valence-corrected chi connectivity index (χ2v) is 8.87. The number of rotatable bonds is 9. The summed E-state index contributed by atoms with van der Waals surface area (Å²) in [6.07, 6.45) is 0.793. The highest BCUT2D eigenvalue weighted by Crippen LogP contribution is 2.25. The van der Waals surface area contributed by atoms with Crippen LogP contribution in [0.3, 0.4) is 0 Å². The largest absolute Gasteiger partial charge is 0.361 e. The van der Waals surface area contributed by atoms with Crippen molar-refractivity contribution in [2.45, 2.75) is 44.9 Å². The van der Waals surface area contributed by atoms with Crippen molar-refractivity contribution in [2.24, 2.45) is 0 Å². The summed E-state index contributed by atoms with van der Waals surface area (Å²) in [5, 5.41) is 7.29. The van der Waals surface area contributed by atoms with E-state index < -0.39 is 10.0 Å². The van der Waals surface area contributed by atoms with Gasteiger partial charge in [-0.3, -0.25) is 0 Å². The second kappa shape index (κ2) is 8.24. The molecule has 0 spiro atoms. The van der Waals surface area contributed by atoms with Gasteiger partial charge >= 0.3 is 0 Å². The van der Waals surface area contributed by atoms with E-state index in [0.29, 0.717) is 23.8 Å². The summed E-state index contributed by atoms with van der Waals surface area (Å²) in [5.41, 5.74) is 2.00. The predicted molar refractivity (Wildman–Crippen MR) is 95.8 cm³/mol. The predicted octanol–water partition coefficient (Wildman–Crippen LogP) is 2.72. The maximum atomic E-state index is 12.5. The van der Waals surface area contributed by atoms with Crippen LogP contribution in [-0.2, 0) is 23.0 Å². The highest BCUT2D eigenvalue weighted by Gasteiger charge is 2.23. The number of nitrogens with one attached hydrogen (secondary N) is 1. The molecule has 0 radical (unpaired) electrons. The lowest BCUT2D eigenvalue weighted by molar-refractivity contribution is 0.392. The molecule has 0 aromatic carbocycles. The zero-order chi connectivity index (χ0) is 17.7. The van der Waals surface area contributed by atoms with E-state index in [0.717, 1.165) is 34.9 Å². The summed E-state index contributed by atoms with van der Waals surface area (Å²) in [5.74, 6) is 0.837. The van der Waals surface area contributed by atoms with Crippen LogP contribution in [-0.4, -0.2) is 37.5 Å². The van der Waals surface area contributed by atoms with Crippen LogP contribution in [0.1, 0.15) is 35.7 Å². The Kier molecular flexibility index (Phi) is 6.56. The Morgan fingerprint density at radius 3 is 2.54 bits per heavy atom. The summed E-state index contributed by atoms with van der Waals surface area (Å²) >= 11 is 1.35. The minimum Gasteiger partial charge on any atom is -0.361 e. The van der Waals surface area contributed by atoms with E-state index in [1.807, 2.05) is 33.8 Å². The molecule has 0 saturated carbocycles. The van der Waals surface area contributed by atoms with Crippen molar-refractivity contribution in [3.05, 3.63) is 34.0 Å². The van der Waals surface area contributed by atoms with E-state index in [-0.39, 0.29) is 0 Å². The van der Waals surface area contributed by atoms with Crippen molar-refractivity contribution in [3.8, 4) is 0 Å². The maximum Gasteiger partial charge on any atom is 0.252 e. The van der Waals surface area contributed by atoms with Crippen molar-refractivity contribution < 1.29 is 12.9 Å². The first-order chi connectivity index (χ1) is 11.4. The molecule has 6 nitrogen and oxygen atoms in total. The van der Waals surface area contributed by atoms with Crippen LogP contribution < -0.4 is 5.32 Å². The van der Waals surface area contributed by atoms with E-state index in [1.54, 1.807) is 6.07 Å². The molecule has 0 fully saturated rings. The first-order valence-electron chi connectivity index (χ1n) is 8.11. The Hall–Kier alpha value is -1.22. The van der Waals surface area contributed by atoms with Gasteiger partial charge in [0.15, 0.2) is 0 Å². The molecule has 24 heavy (non-hydrogen) atoms. The molecule has 0 atom stereocenters. The van der Waals surface area contributed by atoms with Gasteiger partial charge in [0.2, 0.25) is 0 Å². The smallest absolute Gasteiger partial charge is 0.252 e. The Balaban J connectivity index is 1.90.